The predicted molar refractivity (Wildman–Crippen MR) is 107 cm³/mol. The average molecular weight is 357 g/mol. The molecule has 1 atom stereocenters. The Kier molecular flexibility index (Phi) is 4.55. The average Bonchev–Trinajstić information content (AvgIpc) is 2.66. The molecule has 134 valence electrons. The fraction of sp³-hybridized carbons (Fsp3) is 0.130. The number of rotatable bonds is 4. The number of nitrogens with zero attached hydrogens (tertiary/aromatic N) is 2. The second-order valence-electron chi connectivity index (χ2n) is 6.70. The number of halogens is 1. The Hall–Kier alpha value is -3.27. The van der Waals surface area contributed by atoms with Crippen LogP contribution in [0.25, 0.3) is 10.9 Å². The van der Waals surface area contributed by atoms with Gasteiger partial charge in [-0.2, -0.15) is 0 Å². The minimum atomic E-state index is -0.248. The van der Waals surface area contributed by atoms with Gasteiger partial charge in [-0.1, -0.05) is 36.4 Å². The van der Waals surface area contributed by atoms with Crippen molar-refractivity contribution in [2.24, 2.45) is 0 Å². The largest absolute Gasteiger partial charge is 0.359 e. The van der Waals surface area contributed by atoms with E-state index >= 15 is 0 Å². The molecular weight excluding hydrogens is 337 g/mol. The summed E-state index contributed by atoms with van der Waals surface area (Å²) in [5.41, 5.74) is 4.88. The van der Waals surface area contributed by atoms with Gasteiger partial charge < -0.3 is 5.32 Å². The highest BCUT2D eigenvalue weighted by atomic mass is 19.1. The number of aryl methyl sites for hydroxylation is 2. The fourth-order valence-electron chi connectivity index (χ4n) is 3.20. The molecule has 0 bridgehead atoms. The molecule has 0 saturated carbocycles. The summed E-state index contributed by atoms with van der Waals surface area (Å²) in [5.74, 6) is 0.531. The van der Waals surface area contributed by atoms with E-state index in [0.717, 1.165) is 39.2 Å². The van der Waals surface area contributed by atoms with Gasteiger partial charge in [-0.3, -0.25) is 4.98 Å². The minimum absolute atomic E-state index is 0.161. The zero-order valence-corrected chi connectivity index (χ0v) is 15.3. The molecule has 3 nitrogen and oxygen atoms in total. The molecule has 4 rings (SSSR count). The standard InChI is InChI=1S/C23H20FN3/c1-15-4-3-5-22(26-15)27-23(18-10-12-20(24)13-11-18)19-9-8-17-7-6-16(2)25-21(17)14-19/h3-14,23H,1-2H3,(H,26,27)/t23-/m0/s1. The first-order valence-electron chi connectivity index (χ1n) is 8.91. The van der Waals surface area contributed by atoms with E-state index in [2.05, 4.69) is 39.6 Å². The smallest absolute Gasteiger partial charge is 0.126 e. The SMILES string of the molecule is Cc1cccc(N[C@@H](c2ccc(F)cc2)c2ccc3ccc(C)nc3c2)n1. The highest BCUT2D eigenvalue weighted by Gasteiger charge is 2.16. The second kappa shape index (κ2) is 7.16. The third kappa shape index (κ3) is 3.80. The number of benzene rings is 2. The van der Waals surface area contributed by atoms with Gasteiger partial charge in [0.25, 0.3) is 0 Å². The number of hydrogen-bond acceptors (Lipinski definition) is 3. The van der Waals surface area contributed by atoms with Gasteiger partial charge in [0.15, 0.2) is 0 Å². The van der Waals surface area contributed by atoms with Crippen LogP contribution in [-0.2, 0) is 0 Å². The molecule has 4 heteroatoms. The van der Waals surface area contributed by atoms with Gasteiger partial charge >= 0.3 is 0 Å². The van der Waals surface area contributed by atoms with Crippen LogP contribution in [-0.4, -0.2) is 9.97 Å². The zero-order chi connectivity index (χ0) is 18.8. The van der Waals surface area contributed by atoms with Crippen molar-refractivity contribution in [3.63, 3.8) is 0 Å². The molecule has 0 unspecified atom stereocenters. The van der Waals surface area contributed by atoms with Gasteiger partial charge in [0.05, 0.1) is 11.6 Å². The maximum atomic E-state index is 13.4. The van der Waals surface area contributed by atoms with Crippen molar-refractivity contribution < 1.29 is 4.39 Å². The Morgan fingerprint density at radius 1 is 0.778 bits per heavy atom. The maximum Gasteiger partial charge on any atom is 0.126 e. The minimum Gasteiger partial charge on any atom is -0.359 e. The van der Waals surface area contributed by atoms with Crippen molar-refractivity contribution >= 4 is 16.7 Å². The second-order valence-corrected chi connectivity index (χ2v) is 6.70. The predicted octanol–water partition coefficient (Wildman–Crippen LogP) is 5.59. The Balaban J connectivity index is 1.80. The van der Waals surface area contributed by atoms with Crippen LogP contribution < -0.4 is 5.32 Å². The van der Waals surface area contributed by atoms with Crippen LogP contribution in [0.4, 0.5) is 10.2 Å². The molecule has 2 aromatic carbocycles. The Bertz CT molecular complexity index is 1090. The zero-order valence-electron chi connectivity index (χ0n) is 15.3. The van der Waals surface area contributed by atoms with E-state index in [4.69, 9.17) is 0 Å². The van der Waals surface area contributed by atoms with Gasteiger partial charge in [0, 0.05) is 16.8 Å². The van der Waals surface area contributed by atoms with Crippen molar-refractivity contribution in [3.8, 4) is 0 Å². The summed E-state index contributed by atoms with van der Waals surface area (Å²) in [6, 6.07) is 22.6. The van der Waals surface area contributed by atoms with Crippen molar-refractivity contribution in [1.29, 1.82) is 0 Å². The number of nitrogens with one attached hydrogen (secondary N) is 1. The van der Waals surface area contributed by atoms with Crippen molar-refractivity contribution in [2.75, 3.05) is 5.32 Å². The molecule has 0 aliphatic rings. The Morgan fingerprint density at radius 2 is 1.48 bits per heavy atom. The highest BCUT2D eigenvalue weighted by Crippen LogP contribution is 2.28. The Labute approximate surface area is 157 Å². The van der Waals surface area contributed by atoms with Crippen LogP contribution in [0.1, 0.15) is 28.6 Å². The molecule has 0 amide bonds. The van der Waals surface area contributed by atoms with Gasteiger partial charge in [-0.15, -0.1) is 0 Å². The summed E-state index contributed by atoms with van der Waals surface area (Å²) in [5, 5.41) is 4.58. The first-order chi connectivity index (χ1) is 13.1. The van der Waals surface area contributed by atoms with Crippen LogP contribution in [0.3, 0.4) is 0 Å². The first kappa shape index (κ1) is 17.2. The molecule has 0 radical (unpaired) electrons. The van der Waals surface area contributed by atoms with E-state index in [1.165, 1.54) is 12.1 Å². The maximum absolute atomic E-state index is 13.4. The fourth-order valence-corrected chi connectivity index (χ4v) is 3.20. The van der Waals surface area contributed by atoms with E-state index < -0.39 is 0 Å². The lowest BCUT2D eigenvalue weighted by Crippen LogP contribution is -2.13. The molecule has 2 heterocycles. The molecule has 0 aliphatic heterocycles. The van der Waals surface area contributed by atoms with Crippen LogP contribution in [0.15, 0.2) is 72.8 Å². The third-order valence-electron chi connectivity index (χ3n) is 4.57. The molecule has 1 N–H and O–H groups in total. The summed E-state index contributed by atoms with van der Waals surface area (Å²) >= 11 is 0. The number of anilines is 1. The number of aromatic nitrogens is 2. The van der Waals surface area contributed by atoms with Crippen LogP contribution >= 0.6 is 0 Å². The molecule has 0 aliphatic carbocycles. The van der Waals surface area contributed by atoms with Crippen molar-refractivity contribution in [1.82, 2.24) is 9.97 Å². The number of pyridine rings is 2. The van der Waals surface area contributed by atoms with E-state index in [-0.39, 0.29) is 11.9 Å². The van der Waals surface area contributed by atoms with Crippen molar-refractivity contribution in [3.05, 3.63) is 101 Å². The summed E-state index contributed by atoms with van der Waals surface area (Å²) < 4.78 is 13.4. The molecular formula is C23H20FN3. The van der Waals surface area contributed by atoms with Gasteiger partial charge in [-0.25, -0.2) is 9.37 Å². The van der Waals surface area contributed by atoms with Crippen LogP contribution in [0.2, 0.25) is 0 Å². The molecule has 27 heavy (non-hydrogen) atoms. The molecule has 2 aromatic heterocycles. The third-order valence-corrected chi connectivity index (χ3v) is 4.57. The summed E-state index contributed by atoms with van der Waals surface area (Å²) in [4.78, 5) is 9.20. The lowest BCUT2D eigenvalue weighted by atomic mass is 9.97. The molecule has 0 fully saturated rings. The highest BCUT2D eigenvalue weighted by molar-refractivity contribution is 5.79. The van der Waals surface area contributed by atoms with Crippen LogP contribution in [0, 0.1) is 19.7 Å². The summed E-state index contributed by atoms with van der Waals surface area (Å²) in [6.45, 7) is 3.94. The first-order valence-corrected chi connectivity index (χ1v) is 8.91. The van der Waals surface area contributed by atoms with Gasteiger partial charge in [0.2, 0.25) is 0 Å². The normalized spacial score (nSPS) is 12.1. The van der Waals surface area contributed by atoms with E-state index in [1.807, 2.05) is 38.1 Å². The topological polar surface area (TPSA) is 37.8 Å². The number of fused-ring (bicyclic) bond motifs is 1. The molecule has 4 aromatic rings. The quantitative estimate of drug-likeness (QED) is 0.517. The molecule has 0 spiro atoms. The van der Waals surface area contributed by atoms with Crippen molar-refractivity contribution in [2.45, 2.75) is 19.9 Å². The molecule has 0 saturated heterocycles. The number of hydrogen-bond donors (Lipinski definition) is 1. The van der Waals surface area contributed by atoms with Crippen LogP contribution in [0.5, 0.6) is 0 Å². The monoisotopic (exact) mass is 357 g/mol. The summed E-state index contributed by atoms with van der Waals surface area (Å²) in [6.07, 6.45) is 0. The lowest BCUT2D eigenvalue weighted by molar-refractivity contribution is 0.626. The Morgan fingerprint density at radius 3 is 2.26 bits per heavy atom. The van der Waals surface area contributed by atoms with Gasteiger partial charge in [-0.05, 0) is 61.4 Å². The van der Waals surface area contributed by atoms with Gasteiger partial charge in [0.1, 0.15) is 11.6 Å². The van der Waals surface area contributed by atoms with E-state index in [0.29, 0.717) is 0 Å². The van der Waals surface area contributed by atoms with E-state index in [9.17, 15) is 4.39 Å². The van der Waals surface area contributed by atoms with E-state index in [1.54, 1.807) is 12.1 Å². The summed E-state index contributed by atoms with van der Waals surface area (Å²) in [7, 11) is 0. The lowest BCUT2D eigenvalue weighted by Gasteiger charge is -2.21.